The van der Waals surface area contributed by atoms with Gasteiger partial charge in [0.2, 0.25) is 5.91 Å². The van der Waals surface area contributed by atoms with Crippen molar-refractivity contribution < 1.29 is 4.79 Å². The molecule has 0 saturated heterocycles. The van der Waals surface area contributed by atoms with E-state index in [1.54, 1.807) is 0 Å². The van der Waals surface area contributed by atoms with Crippen molar-refractivity contribution in [2.75, 3.05) is 17.6 Å². The lowest BCUT2D eigenvalue weighted by Crippen LogP contribution is -2.27. The van der Waals surface area contributed by atoms with Gasteiger partial charge >= 0.3 is 0 Å². The van der Waals surface area contributed by atoms with Crippen LogP contribution in [0.4, 0.5) is 10.8 Å². The van der Waals surface area contributed by atoms with Gasteiger partial charge in [-0.2, -0.15) is 0 Å². The molecule has 1 amide bonds. The SMILES string of the molecule is Nc1nc(-c2ccc(NC(=O)CNCc3ccccc3)cc2)cs1. The average molecular weight is 338 g/mol. The molecule has 0 aliphatic carbocycles. The van der Waals surface area contributed by atoms with E-state index in [4.69, 9.17) is 5.73 Å². The summed E-state index contributed by atoms with van der Waals surface area (Å²) in [7, 11) is 0. The molecule has 0 aliphatic heterocycles. The summed E-state index contributed by atoms with van der Waals surface area (Å²) in [5.41, 5.74) is 9.37. The molecular formula is C18H18N4OS. The number of aromatic nitrogens is 1. The number of amides is 1. The van der Waals surface area contributed by atoms with Gasteiger partial charge in [0.05, 0.1) is 12.2 Å². The number of nitrogens with two attached hydrogens (primary N) is 1. The van der Waals surface area contributed by atoms with Crippen molar-refractivity contribution in [1.82, 2.24) is 10.3 Å². The van der Waals surface area contributed by atoms with Crippen molar-refractivity contribution >= 4 is 28.1 Å². The number of nitrogens with one attached hydrogen (secondary N) is 2. The van der Waals surface area contributed by atoms with Crippen LogP contribution in [-0.4, -0.2) is 17.4 Å². The number of carbonyl (C=O) groups is 1. The Morgan fingerprint density at radius 3 is 2.50 bits per heavy atom. The molecule has 0 aliphatic rings. The van der Waals surface area contributed by atoms with Crippen LogP contribution in [0.1, 0.15) is 5.56 Å². The van der Waals surface area contributed by atoms with Gasteiger partial charge in [-0.25, -0.2) is 4.98 Å². The summed E-state index contributed by atoms with van der Waals surface area (Å²) in [4.78, 5) is 16.2. The van der Waals surface area contributed by atoms with E-state index in [0.29, 0.717) is 11.7 Å². The van der Waals surface area contributed by atoms with Crippen molar-refractivity contribution in [2.45, 2.75) is 6.54 Å². The number of carbonyl (C=O) groups excluding carboxylic acids is 1. The number of nitrogen functional groups attached to an aromatic ring is 1. The second-order valence-electron chi connectivity index (χ2n) is 5.29. The topological polar surface area (TPSA) is 80.0 Å². The highest BCUT2D eigenvalue weighted by Gasteiger charge is 2.05. The standard InChI is InChI=1S/C18H18N4OS/c19-18-22-16(12-24-18)14-6-8-15(9-7-14)21-17(23)11-20-10-13-4-2-1-3-5-13/h1-9,12,20H,10-11H2,(H2,19,22)(H,21,23). The number of hydrogen-bond acceptors (Lipinski definition) is 5. The molecule has 24 heavy (non-hydrogen) atoms. The minimum Gasteiger partial charge on any atom is -0.375 e. The van der Waals surface area contributed by atoms with Gasteiger partial charge in [0.25, 0.3) is 0 Å². The summed E-state index contributed by atoms with van der Waals surface area (Å²) in [6.07, 6.45) is 0. The molecule has 4 N–H and O–H groups in total. The predicted molar refractivity (Wildman–Crippen MR) is 98.7 cm³/mol. The summed E-state index contributed by atoms with van der Waals surface area (Å²) in [5, 5.41) is 8.46. The van der Waals surface area contributed by atoms with Crippen LogP contribution in [0.2, 0.25) is 0 Å². The molecule has 6 heteroatoms. The Labute approximate surface area is 144 Å². The Morgan fingerprint density at radius 2 is 1.83 bits per heavy atom. The van der Waals surface area contributed by atoms with Gasteiger partial charge < -0.3 is 16.4 Å². The Bertz CT molecular complexity index is 799. The van der Waals surface area contributed by atoms with E-state index < -0.39 is 0 Å². The van der Waals surface area contributed by atoms with E-state index in [0.717, 1.165) is 22.5 Å². The van der Waals surface area contributed by atoms with Crippen molar-refractivity contribution in [3.8, 4) is 11.3 Å². The molecule has 0 unspecified atom stereocenters. The lowest BCUT2D eigenvalue weighted by atomic mass is 10.1. The van der Waals surface area contributed by atoms with E-state index in [1.807, 2.05) is 60.0 Å². The molecule has 0 spiro atoms. The molecule has 0 saturated carbocycles. The van der Waals surface area contributed by atoms with Gasteiger partial charge in [-0.1, -0.05) is 42.5 Å². The summed E-state index contributed by atoms with van der Waals surface area (Å²) in [6, 6.07) is 17.5. The van der Waals surface area contributed by atoms with Gasteiger partial charge in [0.15, 0.2) is 5.13 Å². The Morgan fingerprint density at radius 1 is 1.08 bits per heavy atom. The number of benzene rings is 2. The molecule has 122 valence electrons. The second kappa shape index (κ2) is 7.72. The Balaban J connectivity index is 1.49. The third-order valence-electron chi connectivity index (χ3n) is 3.44. The van der Waals surface area contributed by atoms with Crippen LogP contribution in [0, 0.1) is 0 Å². The highest BCUT2D eigenvalue weighted by atomic mass is 32.1. The Kier molecular flexibility index (Phi) is 5.20. The first kappa shape index (κ1) is 16.2. The zero-order chi connectivity index (χ0) is 16.8. The highest BCUT2D eigenvalue weighted by Crippen LogP contribution is 2.24. The zero-order valence-electron chi connectivity index (χ0n) is 13.0. The van der Waals surface area contributed by atoms with Crippen LogP contribution in [-0.2, 0) is 11.3 Å². The van der Waals surface area contributed by atoms with Crippen LogP contribution in [0.3, 0.4) is 0 Å². The van der Waals surface area contributed by atoms with Crippen LogP contribution >= 0.6 is 11.3 Å². The van der Waals surface area contributed by atoms with E-state index in [-0.39, 0.29) is 12.5 Å². The molecule has 5 nitrogen and oxygen atoms in total. The van der Waals surface area contributed by atoms with Crippen molar-refractivity contribution in [2.24, 2.45) is 0 Å². The van der Waals surface area contributed by atoms with Crippen molar-refractivity contribution in [3.05, 3.63) is 65.5 Å². The smallest absolute Gasteiger partial charge is 0.238 e. The maximum Gasteiger partial charge on any atom is 0.238 e. The molecule has 1 heterocycles. The molecule has 0 fully saturated rings. The normalized spacial score (nSPS) is 10.5. The Hall–Kier alpha value is -2.70. The number of thiazole rings is 1. The first-order chi connectivity index (χ1) is 11.7. The molecule has 2 aromatic carbocycles. The molecule has 0 radical (unpaired) electrons. The molecule has 1 aromatic heterocycles. The first-order valence-corrected chi connectivity index (χ1v) is 8.44. The number of anilines is 2. The minimum absolute atomic E-state index is 0.0726. The van der Waals surface area contributed by atoms with Crippen LogP contribution in [0.15, 0.2) is 60.0 Å². The number of hydrogen-bond donors (Lipinski definition) is 3. The molecule has 0 bridgehead atoms. The van der Waals surface area contributed by atoms with Gasteiger partial charge in [-0.05, 0) is 17.7 Å². The van der Waals surface area contributed by atoms with Gasteiger partial charge in [-0.15, -0.1) is 11.3 Å². The zero-order valence-corrected chi connectivity index (χ0v) is 13.8. The van der Waals surface area contributed by atoms with Gasteiger partial charge in [-0.3, -0.25) is 4.79 Å². The summed E-state index contributed by atoms with van der Waals surface area (Å²) < 4.78 is 0. The lowest BCUT2D eigenvalue weighted by Gasteiger charge is -2.07. The fraction of sp³-hybridized carbons (Fsp3) is 0.111. The third kappa shape index (κ3) is 4.41. The summed E-state index contributed by atoms with van der Waals surface area (Å²) in [6.45, 7) is 0.928. The fourth-order valence-corrected chi connectivity index (χ4v) is 2.84. The maximum atomic E-state index is 12.0. The summed E-state index contributed by atoms with van der Waals surface area (Å²) in [5.74, 6) is -0.0726. The maximum absolute atomic E-state index is 12.0. The van der Waals surface area contributed by atoms with Gasteiger partial charge in [0, 0.05) is 23.2 Å². The quantitative estimate of drug-likeness (QED) is 0.645. The van der Waals surface area contributed by atoms with Crippen molar-refractivity contribution in [3.63, 3.8) is 0 Å². The predicted octanol–water partition coefficient (Wildman–Crippen LogP) is 3.12. The van der Waals surface area contributed by atoms with Crippen LogP contribution in [0.25, 0.3) is 11.3 Å². The number of rotatable bonds is 6. The molecule has 3 aromatic rings. The summed E-state index contributed by atoms with van der Waals surface area (Å²) >= 11 is 1.41. The molecular weight excluding hydrogens is 320 g/mol. The van der Waals surface area contributed by atoms with Gasteiger partial charge in [0.1, 0.15) is 0 Å². The monoisotopic (exact) mass is 338 g/mol. The highest BCUT2D eigenvalue weighted by molar-refractivity contribution is 7.13. The first-order valence-electron chi connectivity index (χ1n) is 7.56. The van der Waals surface area contributed by atoms with Crippen molar-refractivity contribution in [1.29, 1.82) is 0 Å². The minimum atomic E-state index is -0.0726. The molecule has 3 rings (SSSR count). The fourth-order valence-electron chi connectivity index (χ4n) is 2.27. The van der Waals surface area contributed by atoms with E-state index in [9.17, 15) is 4.79 Å². The third-order valence-corrected chi connectivity index (χ3v) is 4.12. The van der Waals surface area contributed by atoms with Crippen LogP contribution < -0.4 is 16.4 Å². The van der Waals surface area contributed by atoms with E-state index >= 15 is 0 Å². The number of nitrogens with zero attached hydrogens (tertiary/aromatic N) is 1. The van der Waals surface area contributed by atoms with E-state index in [2.05, 4.69) is 15.6 Å². The largest absolute Gasteiger partial charge is 0.375 e. The lowest BCUT2D eigenvalue weighted by molar-refractivity contribution is -0.115. The second-order valence-corrected chi connectivity index (χ2v) is 6.18. The average Bonchev–Trinajstić information content (AvgIpc) is 3.03. The van der Waals surface area contributed by atoms with E-state index in [1.165, 1.54) is 11.3 Å². The van der Waals surface area contributed by atoms with Crippen LogP contribution in [0.5, 0.6) is 0 Å². The molecule has 0 atom stereocenters.